The molecule has 0 atom stereocenters. The average molecular weight is 361 g/mol. The SMILES string of the molecule is c1ccc(CCCNC2CCN(c3cccc(-n4cccn4)c3)CC2)nc1. The Labute approximate surface area is 161 Å². The molecule has 27 heavy (non-hydrogen) atoms. The largest absolute Gasteiger partial charge is 0.371 e. The summed E-state index contributed by atoms with van der Waals surface area (Å²) < 4.78 is 1.92. The van der Waals surface area contributed by atoms with Gasteiger partial charge in [0.1, 0.15) is 0 Å². The summed E-state index contributed by atoms with van der Waals surface area (Å²) in [7, 11) is 0. The summed E-state index contributed by atoms with van der Waals surface area (Å²) in [6.07, 6.45) is 10.2. The summed E-state index contributed by atoms with van der Waals surface area (Å²) in [5.74, 6) is 0. The summed E-state index contributed by atoms with van der Waals surface area (Å²) in [6.45, 7) is 3.26. The van der Waals surface area contributed by atoms with Crippen LogP contribution in [0.25, 0.3) is 5.69 Å². The molecule has 1 aromatic carbocycles. The lowest BCUT2D eigenvalue weighted by Crippen LogP contribution is -2.42. The molecule has 3 aromatic rings. The molecule has 1 saturated heterocycles. The van der Waals surface area contributed by atoms with E-state index in [-0.39, 0.29) is 0 Å². The smallest absolute Gasteiger partial charge is 0.0666 e. The third kappa shape index (κ3) is 4.74. The Balaban J connectivity index is 1.23. The maximum Gasteiger partial charge on any atom is 0.0666 e. The first-order valence-electron chi connectivity index (χ1n) is 9.87. The van der Waals surface area contributed by atoms with Gasteiger partial charge in [-0.25, -0.2) is 4.68 Å². The van der Waals surface area contributed by atoms with Crippen molar-refractivity contribution in [3.63, 3.8) is 0 Å². The minimum atomic E-state index is 0.624. The molecule has 5 nitrogen and oxygen atoms in total. The number of piperidine rings is 1. The lowest BCUT2D eigenvalue weighted by molar-refractivity contribution is 0.412. The Morgan fingerprint density at radius 1 is 0.963 bits per heavy atom. The normalized spacial score (nSPS) is 15.2. The van der Waals surface area contributed by atoms with Crippen molar-refractivity contribution in [1.29, 1.82) is 0 Å². The molecule has 1 aliphatic rings. The second-order valence-corrected chi connectivity index (χ2v) is 7.11. The van der Waals surface area contributed by atoms with Crippen molar-refractivity contribution in [2.75, 3.05) is 24.5 Å². The van der Waals surface area contributed by atoms with Crippen molar-refractivity contribution in [2.24, 2.45) is 0 Å². The average Bonchev–Trinajstić information content (AvgIpc) is 3.28. The van der Waals surface area contributed by atoms with E-state index >= 15 is 0 Å². The van der Waals surface area contributed by atoms with Crippen LogP contribution in [0.3, 0.4) is 0 Å². The van der Waals surface area contributed by atoms with E-state index in [1.54, 1.807) is 0 Å². The zero-order valence-corrected chi connectivity index (χ0v) is 15.7. The molecular formula is C22H27N5. The molecule has 0 unspecified atom stereocenters. The van der Waals surface area contributed by atoms with E-state index in [0.717, 1.165) is 38.2 Å². The van der Waals surface area contributed by atoms with Crippen LogP contribution in [0.2, 0.25) is 0 Å². The fourth-order valence-electron chi connectivity index (χ4n) is 3.72. The topological polar surface area (TPSA) is 46.0 Å². The van der Waals surface area contributed by atoms with Crippen molar-refractivity contribution < 1.29 is 0 Å². The van der Waals surface area contributed by atoms with Crippen LogP contribution in [0.15, 0.2) is 67.1 Å². The summed E-state index contributed by atoms with van der Waals surface area (Å²) >= 11 is 0. The lowest BCUT2D eigenvalue weighted by atomic mass is 10.0. The Hall–Kier alpha value is -2.66. The molecule has 140 valence electrons. The molecule has 0 spiro atoms. The van der Waals surface area contributed by atoms with E-state index < -0.39 is 0 Å². The van der Waals surface area contributed by atoms with Crippen LogP contribution in [0, 0.1) is 0 Å². The van der Waals surface area contributed by atoms with Gasteiger partial charge in [0.05, 0.1) is 5.69 Å². The molecule has 2 aromatic heterocycles. The van der Waals surface area contributed by atoms with Crippen molar-refractivity contribution >= 4 is 5.69 Å². The van der Waals surface area contributed by atoms with Crippen LogP contribution >= 0.6 is 0 Å². The highest BCUT2D eigenvalue weighted by Gasteiger charge is 2.19. The van der Waals surface area contributed by atoms with Crippen molar-refractivity contribution in [3.05, 3.63) is 72.8 Å². The zero-order chi connectivity index (χ0) is 18.3. The first-order chi connectivity index (χ1) is 13.4. The number of nitrogens with zero attached hydrogens (tertiary/aromatic N) is 4. The second kappa shape index (κ2) is 8.82. The third-order valence-corrected chi connectivity index (χ3v) is 5.23. The second-order valence-electron chi connectivity index (χ2n) is 7.11. The van der Waals surface area contributed by atoms with Gasteiger partial charge < -0.3 is 10.2 Å². The number of hydrogen-bond acceptors (Lipinski definition) is 4. The van der Waals surface area contributed by atoms with Crippen molar-refractivity contribution in [3.8, 4) is 5.69 Å². The van der Waals surface area contributed by atoms with Crippen molar-refractivity contribution in [2.45, 2.75) is 31.7 Å². The number of pyridine rings is 1. The summed E-state index contributed by atoms with van der Waals surface area (Å²) in [6, 6.07) is 17.4. The van der Waals surface area contributed by atoms with E-state index in [4.69, 9.17) is 0 Å². The molecule has 0 aliphatic carbocycles. The van der Waals surface area contributed by atoms with Gasteiger partial charge in [0, 0.05) is 49.1 Å². The molecular weight excluding hydrogens is 334 g/mol. The van der Waals surface area contributed by atoms with E-state index in [2.05, 4.69) is 56.7 Å². The molecule has 0 radical (unpaired) electrons. The van der Waals surface area contributed by atoms with Gasteiger partial charge in [-0.1, -0.05) is 12.1 Å². The Bertz CT molecular complexity index is 808. The predicted molar refractivity (Wildman–Crippen MR) is 109 cm³/mol. The third-order valence-electron chi connectivity index (χ3n) is 5.23. The molecule has 0 amide bonds. The maximum absolute atomic E-state index is 4.39. The Kier molecular flexibility index (Phi) is 5.80. The number of aromatic nitrogens is 3. The first-order valence-corrected chi connectivity index (χ1v) is 9.87. The standard InChI is InChI=1S/C22H27N5/c1-2-12-23-19(6-1)7-4-13-24-20-10-16-26(17-11-20)21-8-3-9-22(18-21)27-15-5-14-25-27/h1-3,5-6,8-9,12,14-15,18,20,24H,4,7,10-11,13,16-17H2. The van der Waals surface area contributed by atoms with Crippen LogP contribution in [0.1, 0.15) is 25.0 Å². The number of benzene rings is 1. The van der Waals surface area contributed by atoms with Crippen LogP contribution in [-0.2, 0) is 6.42 Å². The van der Waals surface area contributed by atoms with E-state index in [1.165, 1.54) is 24.2 Å². The quantitative estimate of drug-likeness (QED) is 0.655. The van der Waals surface area contributed by atoms with Gasteiger partial charge in [-0.15, -0.1) is 0 Å². The monoisotopic (exact) mass is 361 g/mol. The zero-order valence-electron chi connectivity index (χ0n) is 15.7. The van der Waals surface area contributed by atoms with Gasteiger partial charge in [0.25, 0.3) is 0 Å². The lowest BCUT2D eigenvalue weighted by Gasteiger charge is -2.34. The van der Waals surface area contributed by atoms with E-state index in [1.807, 2.05) is 35.4 Å². The van der Waals surface area contributed by atoms with Gasteiger partial charge in [-0.2, -0.15) is 5.10 Å². The molecule has 1 aliphatic heterocycles. The molecule has 0 saturated carbocycles. The summed E-state index contributed by atoms with van der Waals surface area (Å²) in [5, 5.41) is 8.06. The number of rotatable bonds is 7. The maximum atomic E-state index is 4.39. The van der Waals surface area contributed by atoms with Gasteiger partial charge >= 0.3 is 0 Å². The summed E-state index contributed by atoms with van der Waals surface area (Å²) in [5.41, 5.74) is 3.59. The van der Waals surface area contributed by atoms with Gasteiger partial charge in [0.15, 0.2) is 0 Å². The van der Waals surface area contributed by atoms with Gasteiger partial charge in [-0.3, -0.25) is 4.98 Å². The van der Waals surface area contributed by atoms with Crippen molar-refractivity contribution in [1.82, 2.24) is 20.1 Å². The molecule has 5 heteroatoms. The van der Waals surface area contributed by atoms with Crippen LogP contribution in [-0.4, -0.2) is 40.4 Å². The molecule has 1 N–H and O–H groups in total. The summed E-state index contributed by atoms with van der Waals surface area (Å²) in [4.78, 5) is 6.88. The van der Waals surface area contributed by atoms with Gasteiger partial charge in [0.2, 0.25) is 0 Å². The number of hydrogen-bond donors (Lipinski definition) is 1. The van der Waals surface area contributed by atoms with E-state index in [9.17, 15) is 0 Å². The molecule has 4 rings (SSSR count). The molecule has 0 bridgehead atoms. The minimum Gasteiger partial charge on any atom is -0.371 e. The number of aryl methyl sites for hydroxylation is 1. The highest BCUT2D eigenvalue weighted by Crippen LogP contribution is 2.22. The fraction of sp³-hybridized carbons (Fsp3) is 0.364. The van der Waals surface area contributed by atoms with Crippen LogP contribution in [0.5, 0.6) is 0 Å². The Morgan fingerprint density at radius 3 is 2.63 bits per heavy atom. The molecule has 3 heterocycles. The highest BCUT2D eigenvalue weighted by atomic mass is 15.3. The van der Waals surface area contributed by atoms with E-state index in [0.29, 0.717) is 6.04 Å². The first kappa shape index (κ1) is 17.7. The fourth-order valence-corrected chi connectivity index (χ4v) is 3.72. The predicted octanol–water partition coefficient (Wildman–Crippen LogP) is 3.46. The van der Waals surface area contributed by atoms with Crippen LogP contribution in [0.4, 0.5) is 5.69 Å². The number of anilines is 1. The minimum absolute atomic E-state index is 0.624. The molecule has 1 fully saturated rings. The number of nitrogens with one attached hydrogen (secondary N) is 1. The van der Waals surface area contributed by atoms with Gasteiger partial charge in [-0.05, 0) is 68.6 Å². The van der Waals surface area contributed by atoms with Crippen LogP contribution < -0.4 is 10.2 Å². The Morgan fingerprint density at radius 2 is 1.85 bits per heavy atom. The highest BCUT2D eigenvalue weighted by molar-refractivity contribution is 5.53.